The van der Waals surface area contributed by atoms with Crippen molar-refractivity contribution in [2.24, 2.45) is 0 Å². The van der Waals surface area contributed by atoms with Crippen LogP contribution >= 0.6 is 0 Å². The van der Waals surface area contributed by atoms with E-state index in [1.54, 1.807) is 31.1 Å². The second kappa shape index (κ2) is 8.48. The van der Waals surface area contributed by atoms with Crippen LogP contribution in [0.15, 0.2) is 47.6 Å². The van der Waals surface area contributed by atoms with Gasteiger partial charge in [-0.2, -0.15) is 0 Å². The van der Waals surface area contributed by atoms with Gasteiger partial charge in [0.1, 0.15) is 5.69 Å². The molecule has 0 aliphatic carbocycles. The van der Waals surface area contributed by atoms with Gasteiger partial charge in [-0.15, -0.1) is 0 Å². The zero-order valence-corrected chi connectivity index (χ0v) is 16.4. The Kier molecular flexibility index (Phi) is 5.62. The minimum Gasteiger partial charge on any atom is -0.463 e. The number of likely N-dealkylation sites (tertiary alicyclic amines) is 1. The zero-order valence-electron chi connectivity index (χ0n) is 16.4. The lowest BCUT2D eigenvalue weighted by molar-refractivity contribution is 0.109. The van der Waals surface area contributed by atoms with Crippen molar-refractivity contribution in [2.45, 2.75) is 45.2 Å². The van der Waals surface area contributed by atoms with E-state index in [0.717, 1.165) is 24.3 Å². The Morgan fingerprint density at radius 1 is 1.14 bits per heavy atom. The van der Waals surface area contributed by atoms with Crippen LogP contribution in [0, 0.1) is 0 Å². The number of furan rings is 1. The van der Waals surface area contributed by atoms with Gasteiger partial charge in [0.25, 0.3) is 0 Å². The van der Waals surface area contributed by atoms with E-state index >= 15 is 0 Å². The molecule has 0 radical (unpaired) electrons. The van der Waals surface area contributed by atoms with Crippen LogP contribution in [0.1, 0.15) is 33.1 Å². The number of nitrogens with one attached hydrogen (secondary N) is 1. The fourth-order valence-corrected chi connectivity index (χ4v) is 3.91. The standard InChI is InChI=1S/C21H26N6O/c1-15-5-3-6-16(2)27(15)11-10-24-21-25-13-17(18-14-22-8-9-23-18)20(26-21)19-7-4-12-28-19/h4,7-9,12-16H,3,5-6,10-11H2,1-2H3,(H,24,25,26). The monoisotopic (exact) mass is 378 g/mol. The highest BCUT2D eigenvalue weighted by molar-refractivity contribution is 5.76. The smallest absolute Gasteiger partial charge is 0.223 e. The molecule has 0 bridgehead atoms. The normalized spacial score (nSPS) is 20.2. The van der Waals surface area contributed by atoms with Gasteiger partial charge in [0.05, 0.1) is 18.2 Å². The third-order valence-corrected chi connectivity index (χ3v) is 5.41. The maximum absolute atomic E-state index is 5.59. The Balaban J connectivity index is 1.52. The topological polar surface area (TPSA) is 80.0 Å². The summed E-state index contributed by atoms with van der Waals surface area (Å²) in [6.45, 7) is 6.41. The van der Waals surface area contributed by atoms with Crippen molar-refractivity contribution in [3.8, 4) is 22.7 Å². The Labute approximate surface area is 165 Å². The van der Waals surface area contributed by atoms with E-state index in [1.165, 1.54) is 19.3 Å². The Morgan fingerprint density at radius 2 is 2.00 bits per heavy atom. The molecule has 28 heavy (non-hydrogen) atoms. The van der Waals surface area contributed by atoms with Gasteiger partial charge < -0.3 is 9.73 Å². The summed E-state index contributed by atoms with van der Waals surface area (Å²) in [7, 11) is 0. The summed E-state index contributed by atoms with van der Waals surface area (Å²) in [5, 5.41) is 3.37. The summed E-state index contributed by atoms with van der Waals surface area (Å²) in [4.78, 5) is 20.3. The highest BCUT2D eigenvalue weighted by Gasteiger charge is 2.24. The van der Waals surface area contributed by atoms with Crippen molar-refractivity contribution in [2.75, 3.05) is 18.4 Å². The molecule has 2 atom stereocenters. The molecule has 0 aromatic carbocycles. The number of aromatic nitrogens is 4. The minimum absolute atomic E-state index is 0.594. The summed E-state index contributed by atoms with van der Waals surface area (Å²) >= 11 is 0. The molecule has 4 rings (SSSR count). The van der Waals surface area contributed by atoms with E-state index in [9.17, 15) is 0 Å². The average molecular weight is 378 g/mol. The van der Waals surface area contributed by atoms with E-state index in [1.807, 2.05) is 12.1 Å². The molecule has 146 valence electrons. The summed E-state index contributed by atoms with van der Waals surface area (Å²) in [5.41, 5.74) is 2.23. The molecule has 1 aliphatic heterocycles. The van der Waals surface area contributed by atoms with Crippen LogP contribution in [-0.2, 0) is 0 Å². The van der Waals surface area contributed by atoms with Crippen molar-refractivity contribution in [3.63, 3.8) is 0 Å². The molecule has 0 amide bonds. The quantitative estimate of drug-likeness (QED) is 0.697. The zero-order chi connectivity index (χ0) is 19.3. The maximum Gasteiger partial charge on any atom is 0.223 e. The van der Waals surface area contributed by atoms with Crippen LogP contribution in [0.5, 0.6) is 0 Å². The molecule has 1 fully saturated rings. The summed E-state index contributed by atoms with van der Waals surface area (Å²) < 4.78 is 5.59. The van der Waals surface area contributed by atoms with E-state index in [4.69, 9.17) is 9.40 Å². The van der Waals surface area contributed by atoms with Crippen molar-refractivity contribution in [1.82, 2.24) is 24.8 Å². The van der Waals surface area contributed by atoms with Crippen molar-refractivity contribution in [3.05, 3.63) is 43.2 Å². The van der Waals surface area contributed by atoms with Crippen LogP contribution in [0.4, 0.5) is 5.95 Å². The second-order valence-corrected chi connectivity index (χ2v) is 7.32. The van der Waals surface area contributed by atoms with Gasteiger partial charge >= 0.3 is 0 Å². The van der Waals surface area contributed by atoms with Crippen LogP contribution < -0.4 is 5.32 Å². The number of anilines is 1. The molecule has 2 unspecified atom stereocenters. The van der Waals surface area contributed by atoms with Gasteiger partial charge in [-0.05, 0) is 38.8 Å². The molecule has 0 saturated carbocycles. The predicted octanol–water partition coefficient (Wildman–Crippen LogP) is 3.87. The highest BCUT2D eigenvalue weighted by Crippen LogP contribution is 2.29. The lowest BCUT2D eigenvalue weighted by Gasteiger charge is -2.39. The Bertz CT molecular complexity index is 873. The lowest BCUT2D eigenvalue weighted by atomic mass is 9.98. The molecule has 1 aliphatic rings. The summed E-state index contributed by atoms with van der Waals surface area (Å²) in [6.07, 6.45) is 12.3. The van der Waals surface area contributed by atoms with E-state index in [2.05, 4.69) is 39.0 Å². The van der Waals surface area contributed by atoms with Gasteiger partial charge in [-0.1, -0.05) is 6.42 Å². The van der Waals surface area contributed by atoms with E-state index in [-0.39, 0.29) is 0 Å². The average Bonchev–Trinajstić information content (AvgIpc) is 3.25. The molecular formula is C21H26N6O. The third kappa shape index (κ3) is 4.04. The minimum atomic E-state index is 0.594. The molecule has 7 nitrogen and oxygen atoms in total. The molecule has 3 aromatic heterocycles. The Morgan fingerprint density at radius 3 is 2.71 bits per heavy atom. The number of hydrogen-bond donors (Lipinski definition) is 1. The SMILES string of the molecule is CC1CCCC(C)N1CCNc1ncc(-c2cnccn2)c(-c2ccco2)n1. The molecule has 7 heteroatoms. The van der Waals surface area contributed by atoms with Gasteiger partial charge in [-0.3, -0.25) is 14.9 Å². The number of rotatable bonds is 6. The first-order valence-electron chi connectivity index (χ1n) is 9.89. The lowest BCUT2D eigenvalue weighted by Crippen LogP contribution is -2.45. The number of piperidine rings is 1. The molecule has 0 spiro atoms. The molecule has 1 saturated heterocycles. The molecule has 1 N–H and O–H groups in total. The van der Waals surface area contributed by atoms with E-state index < -0.39 is 0 Å². The van der Waals surface area contributed by atoms with Crippen LogP contribution in [0.25, 0.3) is 22.7 Å². The first kappa shape index (κ1) is 18.6. The van der Waals surface area contributed by atoms with Gasteiger partial charge in [0, 0.05) is 49.3 Å². The van der Waals surface area contributed by atoms with Crippen LogP contribution in [0.2, 0.25) is 0 Å². The fraction of sp³-hybridized carbons (Fsp3) is 0.429. The Hall–Kier alpha value is -2.80. The van der Waals surface area contributed by atoms with Crippen LogP contribution in [-0.4, -0.2) is 50.0 Å². The third-order valence-electron chi connectivity index (χ3n) is 5.41. The van der Waals surface area contributed by atoms with Crippen molar-refractivity contribution >= 4 is 5.95 Å². The van der Waals surface area contributed by atoms with Gasteiger partial charge in [0.2, 0.25) is 5.95 Å². The molecule has 4 heterocycles. The summed E-state index contributed by atoms with van der Waals surface area (Å²) in [6, 6.07) is 5.00. The molecule has 3 aromatic rings. The van der Waals surface area contributed by atoms with Gasteiger partial charge in [-0.25, -0.2) is 9.97 Å². The molecular weight excluding hydrogens is 352 g/mol. The van der Waals surface area contributed by atoms with Crippen molar-refractivity contribution < 1.29 is 4.42 Å². The first-order valence-corrected chi connectivity index (χ1v) is 9.89. The maximum atomic E-state index is 5.59. The predicted molar refractivity (Wildman–Crippen MR) is 109 cm³/mol. The summed E-state index contributed by atoms with van der Waals surface area (Å²) in [5.74, 6) is 1.28. The highest BCUT2D eigenvalue weighted by atomic mass is 16.3. The van der Waals surface area contributed by atoms with Gasteiger partial charge in [0.15, 0.2) is 5.76 Å². The largest absolute Gasteiger partial charge is 0.463 e. The van der Waals surface area contributed by atoms with Crippen molar-refractivity contribution in [1.29, 1.82) is 0 Å². The number of hydrogen-bond acceptors (Lipinski definition) is 7. The van der Waals surface area contributed by atoms with Crippen LogP contribution in [0.3, 0.4) is 0 Å². The number of nitrogens with zero attached hydrogens (tertiary/aromatic N) is 5. The fourth-order valence-electron chi connectivity index (χ4n) is 3.91. The van der Waals surface area contributed by atoms with E-state index in [0.29, 0.717) is 29.5 Å². The first-order chi connectivity index (χ1) is 13.7. The second-order valence-electron chi connectivity index (χ2n) is 7.32.